The first-order valence-electron chi connectivity index (χ1n) is 24.4. The Morgan fingerprint density at radius 2 is 0.522 bits per heavy atom. The van der Waals surface area contributed by atoms with E-state index in [9.17, 15) is 0 Å². The minimum Gasteiger partial charge on any atom is -0.256 e. The van der Waals surface area contributed by atoms with Gasteiger partial charge in [0.1, 0.15) is 0 Å². The van der Waals surface area contributed by atoms with Gasteiger partial charge in [-0.3, -0.25) is 9.97 Å². The molecule has 0 bridgehead atoms. The number of fused-ring (bicyclic) bond motifs is 9. The molecule has 0 saturated carbocycles. The van der Waals surface area contributed by atoms with Gasteiger partial charge >= 0.3 is 0 Å². The maximum Gasteiger partial charge on any atom is 0.0702 e. The summed E-state index contributed by atoms with van der Waals surface area (Å²) in [5.74, 6) is 0. The summed E-state index contributed by atoms with van der Waals surface area (Å²) in [4.78, 5) is 9.58. The maximum atomic E-state index is 4.79. The number of aromatic nitrogens is 2. The van der Waals surface area contributed by atoms with Crippen molar-refractivity contribution in [1.29, 1.82) is 0 Å². The zero-order chi connectivity index (χ0) is 46.8. The summed E-state index contributed by atoms with van der Waals surface area (Å²) in [6, 6.07) is 72.5. The van der Waals surface area contributed by atoms with Gasteiger partial charge in [0, 0.05) is 39.8 Å². The third-order valence-corrected chi connectivity index (χ3v) is 16.0. The third-order valence-electron chi connectivity index (χ3n) is 16.0. The van der Waals surface area contributed by atoms with Crippen molar-refractivity contribution >= 4 is 0 Å². The number of benzene rings is 8. The summed E-state index contributed by atoms with van der Waals surface area (Å²) in [6.07, 6.45) is 3.77. The van der Waals surface area contributed by atoms with Crippen molar-refractivity contribution in [2.75, 3.05) is 0 Å². The molecule has 2 heterocycles. The van der Waals surface area contributed by atoms with Gasteiger partial charge in [-0.25, -0.2) is 0 Å². The molecule has 2 heteroatoms. The lowest BCUT2D eigenvalue weighted by atomic mass is 9.79. The van der Waals surface area contributed by atoms with E-state index in [4.69, 9.17) is 9.97 Å². The first-order chi connectivity index (χ1) is 33.5. The van der Waals surface area contributed by atoms with Crippen molar-refractivity contribution in [3.63, 3.8) is 0 Å². The fourth-order valence-corrected chi connectivity index (χ4v) is 12.3. The van der Waals surface area contributed by atoms with Crippen molar-refractivity contribution < 1.29 is 0 Å². The van der Waals surface area contributed by atoms with Crippen LogP contribution in [0.4, 0.5) is 0 Å². The lowest BCUT2D eigenvalue weighted by Crippen LogP contribution is -2.15. The monoisotopic (exact) mass is 884 g/mol. The van der Waals surface area contributed by atoms with Crippen molar-refractivity contribution in [2.45, 2.75) is 57.8 Å². The van der Waals surface area contributed by atoms with Crippen LogP contribution in [0.2, 0.25) is 0 Å². The Morgan fingerprint density at radius 3 is 0.884 bits per heavy atom. The first-order valence-corrected chi connectivity index (χ1v) is 24.4. The number of hydrogen-bond acceptors (Lipinski definition) is 2. The van der Waals surface area contributed by atoms with Crippen LogP contribution >= 0.6 is 0 Å². The standard InChI is InChI=1S/C67H52N2/c1-65(2)57-17-9-7-15-49(57)51-29-21-41(37-59(51)65)47-27-25-45(63-19-11-13-33-68-63)35-55(47)43-23-31-53-54-32-24-44(40-62(54)67(5,6)61(53)39-43)56-36-46(64-20-12-14-34-69-64)26-28-48(56)42-22-30-52-50-16-8-10-18-58(50)66(3,4)60(52)38-42/h7-40H,1-6H3. The van der Waals surface area contributed by atoms with E-state index in [-0.39, 0.29) is 16.2 Å². The van der Waals surface area contributed by atoms with Gasteiger partial charge in [0.25, 0.3) is 0 Å². The summed E-state index contributed by atoms with van der Waals surface area (Å²) in [6.45, 7) is 14.3. The Bertz CT molecular complexity index is 3490. The summed E-state index contributed by atoms with van der Waals surface area (Å²) >= 11 is 0. The molecule has 10 aromatic rings. The summed E-state index contributed by atoms with van der Waals surface area (Å²) in [7, 11) is 0. The van der Waals surface area contributed by atoms with Crippen molar-refractivity contribution in [1.82, 2.24) is 9.97 Å². The second kappa shape index (κ2) is 15.0. The molecule has 69 heavy (non-hydrogen) atoms. The van der Waals surface area contributed by atoms with E-state index in [1.165, 1.54) is 111 Å². The Hall–Kier alpha value is -7.94. The van der Waals surface area contributed by atoms with Crippen LogP contribution in [-0.4, -0.2) is 9.97 Å². The zero-order valence-corrected chi connectivity index (χ0v) is 40.0. The molecule has 2 nitrogen and oxygen atoms in total. The Kier molecular flexibility index (Phi) is 8.99. The molecule has 0 radical (unpaired) electrons. The van der Waals surface area contributed by atoms with Gasteiger partial charge in [0.2, 0.25) is 0 Å². The van der Waals surface area contributed by atoms with Crippen molar-refractivity contribution in [3.05, 3.63) is 240 Å². The fraction of sp³-hybridized carbons (Fsp3) is 0.134. The molecule has 330 valence electrons. The molecule has 3 aliphatic carbocycles. The van der Waals surface area contributed by atoms with Gasteiger partial charge < -0.3 is 0 Å². The highest BCUT2D eigenvalue weighted by Gasteiger charge is 2.39. The van der Waals surface area contributed by atoms with Crippen LogP contribution in [0, 0.1) is 0 Å². The average Bonchev–Trinajstić information content (AvgIpc) is 3.87. The summed E-state index contributed by atoms with van der Waals surface area (Å²) in [5, 5.41) is 0. The predicted molar refractivity (Wildman–Crippen MR) is 287 cm³/mol. The quantitative estimate of drug-likeness (QED) is 0.166. The van der Waals surface area contributed by atoms with Gasteiger partial charge in [0.05, 0.1) is 11.4 Å². The van der Waals surface area contributed by atoms with Gasteiger partial charge in [0.15, 0.2) is 0 Å². The lowest BCUT2D eigenvalue weighted by Gasteiger charge is -2.24. The SMILES string of the molecule is CC1(C)c2ccccc2-c2ccc(-c3ccc(-c4ccccn4)cc3-c3ccc4c(c3)C(C)(C)c3cc(-c5cc(-c6ccccn6)ccc5-c5ccc6c(c5)C(C)(C)c5ccccc5-6)ccc3-4)cc21. The van der Waals surface area contributed by atoms with E-state index in [0.29, 0.717) is 0 Å². The minimum absolute atomic E-state index is 0.0939. The highest BCUT2D eigenvalue weighted by atomic mass is 14.7. The lowest BCUT2D eigenvalue weighted by molar-refractivity contribution is 0.660. The van der Waals surface area contributed by atoms with Crippen molar-refractivity contribution in [3.8, 4) is 100 Å². The largest absolute Gasteiger partial charge is 0.256 e. The minimum atomic E-state index is -0.263. The molecule has 0 amide bonds. The highest BCUT2D eigenvalue weighted by Crippen LogP contribution is 2.54. The van der Waals surface area contributed by atoms with Gasteiger partial charge in [-0.05, 0) is 172 Å². The summed E-state index contributed by atoms with van der Waals surface area (Å²) in [5.41, 5.74) is 29.6. The molecular formula is C67H52N2. The van der Waals surface area contributed by atoms with Crippen LogP contribution in [0.15, 0.2) is 207 Å². The number of nitrogens with zero attached hydrogens (tertiary/aromatic N) is 2. The number of rotatable bonds is 6. The third kappa shape index (κ3) is 6.24. The molecule has 0 unspecified atom stereocenters. The van der Waals surface area contributed by atoms with Crippen LogP contribution in [0.3, 0.4) is 0 Å². The Balaban J connectivity index is 0.929. The van der Waals surface area contributed by atoms with Crippen LogP contribution in [0.25, 0.3) is 100 Å². The van der Waals surface area contributed by atoms with Crippen LogP contribution in [-0.2, 0) is 16.2 Å². The first kappa shape index (κ1) is 41.3. The Labute approximate surface area is 406 Å². The van der Waals surface area contributed by atoms with Gasteiger partial charge in [-0.1, -0.05) is 175 Å². The molecule has 0 fully saturated rings. The van der Waals surface area contributed by atoms with E-state index in [1.807, 2.05) is 24.5 Å². The highest BCUT2D eigenvalue weighted by molar-refractivity contribution is 5.95. The summed E-state index contributed by atoms with van der Waals surface area (Å²) < 4.78 is 0. The smallest absolute Gasteiger partial charge is 0.0702 e. The van der Waals surface area contributed by atoms with Crippen molar-refractivity contribution in [2.24, 2.45) is 0 Å². The number of pyridine rings is 2. The van der Waals surface area contributed by atoms with Crippen LogP contribution < -0.4 is 0 Å². The zero-order valence-electron chi connectivity index (χ0n) is 40.0. The number of hydrogen-bond donors (Lipinski definition) is 0. The van der Waals surface area contributed by atoms with Crippen LogP contribution in [0.1, 0.15) is 74.9 Å². The molecule has 0 atom stereocenters. The normalized spacial score (nSPS) is 14.9. The molecule has 8 aromatic carbocycles. The second-order valence-electron chi connectivity index (χ2n) is 21.0. The molecule has 2 aromatic heterocycles. The molecule has 3 aliphatic rings. The molecule has 0 aliphatic heterocycles. The second-order valence-corrected chi connectivity index (χ2v) is 21.0. The maximum absolute atomic E-state index is 4.79. The molecular weight excluding hydrogens is 833 g/mol. The van der Waals surface area contributed by atoms with E-state index < -0.39 is 0 Å². The van der Waals surface area contributed by atoms with E-state index >= 15 is 0 Å². The average molecular weight is 885 g/mol. The Morgan fingerprint density at radius 1 is 0.232 bits per heavy atom. The van der Waals surface area contributed by atoms with E-state index in [1.54, 1.807) is 0 Å². The van der Waals surface area contributed by atoms with E-state index in [2.05, 4.69) is 224 Å². The molecule has 0 N–H and O–H groups in total. The van der Waals surface area contributed by atoms with Gasteiger partial charge in [-0.2, -0.15) is 0 Å². The topological polar surface area (TPSA) is 25.8 Å². The molecule has 13 rings (SSSR count). The predicted octanol–water partition coefficient (Wildman–Crippen LogP) is 17.4. The fourth-order valence-electron chi connectivity index (χ4n) is 12.3. The molecule has 0 spiro atoms. The van der Waals surface area contributed by atoms with E-state index in [0.717, 1.165) is 22.5 Å². The molecule has 0 saturated heterocycles. The van der Waals surface area contributed by atoms with Crippen LogP contribution in [0.5, 0.6) is 0 Å². The van der Waals surface area contributed by atoms with Gasteiger partial charge in [-0.15, -0.1) is 0 Å².